The molecule has 3 aliphatic heterocycles. The topological polar surface area (TPSA) is 77.1 Å². The van der Waals surface area contributed by atoms with E-state index in [1.165, 1.54) is 0 Å². The molecule has 3 saturated heterocycles. The third-order valence-corrected chi connectivity index (χ3v) is 4.83. The molecule has 0 aliphatic carbocycles. The molecule has 0 saturated carbocycles. The van der Waals surface area contributed by atoms with Crippen LogP contribution in [0.1, 0.15) is 0 Å². The van der Waals surface area contributed by atoms with Crippen molar-refractivity contribution < 1.29 is 14.7 Å². The van der Waals surface area contributed by atoms with E-state index in [1.807, 2.05) is 17.0 Å². The summed E-state index contributed by atoms with van der Waals surface area (Å²) in [5.41, 5.74) is 0. The van der Waals surface area contributed by atoms with Crippen molar-refractivity contribution in [2.24, 2.45) is 0 Å². The molecule has 0 bridgehead atoms. The van der Waals surface area contributed by atoms with Gasteiger partial charge >= 0.3 is 5.97 Å². The third kappa shape index (κ3) is 1.60. The van der Waals surface area contributed by atoms with Crippen LogP contribution in [0.2, 0.25) is 0 Å². The van der Waals surface area contributed by atoms with Crippen molar-refractivity contribution in [3.05, 3.63) is 0 Å². The molecule has 0 amide bonds. The second kappa shape index (κ2) is 4.08. The van der Waals surface area contributed by atoms with Crippen molar-refractivity contribution in [3.63, 3.8) is 0 Å². The Morgan fingerprint density at radius 2 is 2.59 bits per heavy atom. The first-order chi connectivity index (χ1) is 8.17. The smallest absolute Gasteiger partial charge is 0.321 e. The quantitative estimate of drug-likeness (QED) is 0.566. The lowest BCUT2D eigenvalue weighted by atomic mass is 10.2. The summed E-state index contributed by atoms with van der Waals surface area (Å²) >= 11 is 1.60. The van der Waals surface area contributed by atoms with E-state index in [1.54, 1.807) is 11.8 Å². The fourth-order valence-corrected chi connectivity index (χ4v) is 4.09. The Kier molecular flexibility index (Phi) is 2.80. The monoisotopic (exact) mass is 260 g/mol. The van der Waals surface area contributed by atoms with Gasteiger partial charge < -0.3 is 10.4 Å². The molecule has 0 radical (unpaired) electrons. The van der Waals surface area contributed by atoms with Crippen LogP contribution in [0.3, 0.4) is 0 Å². The Labute approximate surface area is 103 Å². The zero-order valence-electron chi connectivity index (χ0n) is 9.55. The van der Waals surface area contributed by atoms with E-state index in [4.69, 9.17) is 9.94 Å². The first-order valence-corrected chi connectivity index (χ1v) is 6.62. The number of aliphatic carboxylic acids is 1. The summed E-state index contributed by atoms with van der Waals surface area (Å²) in [5, 5.41) is 17.1. The van der Waals surface area contributed by atoms with E-state index in [9.17, 15) is 4.79 Å². The second-order valence-electron chi connectivity index (χ2n) is 4.46. The molecular weight excluding hydrogens is 244 g/mol. The summed E-state index contributed by atoms with van der Waals surface area (Å²) in [7, 11) is 1.89. The fourth-order valence-electron chi connectivity index (χ4n) is 2.52. The standard InChI is InChI=1S/C9H16N4O3S/c1-10-2-6-3-16-13-5-12-7(8(14)15)4-17-9(12,13)11-6/h6-7,10-11H,2-5H2,1H3,(H,14,15). The summed E-state index contributed by atoms with van der Waals surface area (Å²) in [5.74, 6) is -0.166. The van der Waals surface area contributed by atoms with Crippen LogP contribution in [0.15, 0.2) is 0 Å². The normalized spacial score (nSPS) is 41.7. The van der Waals surface area contributed by atoms with Gasteiger partial charge in [-0.05, 0) is 7.05 Å². The maximum Gasteiger partial charge on any atom is 0.321 e. The summed E-state index contributed by atoms with van der Waals surface area (Å²) in [6.45, 7) is 1.99. The van der Waals surface area contributed by atoms with Gasteiger partial charge in [-0.15, -0.1) is 16.8 Å². The average Bonchev–Trinajstić information content (AvgIpc) is 2.54. The lowest BCUT2D eigenvalue weighted by Crippen LogP contribution is -2.82. The highest BCUT2D eigenvalue weighted by Crippen LogP contribution is 2.48. The summed E-state index contributed by atoms with van der Waals surface area (Å²) in [4.78, 5) is 18.7. The van der Waals surface area contributed by atoms with E-state index >= 15 is 0 Å². The highest BCUT2D eigenvalue weighted by molar-refractivity contribution is 8.00. The van der Waals surface area contributed by atoms with Gasteiger partial charge in [-0.2, -0.15) is 0 Å². The van der Waals surface area contributed by atoms with Crippen molar-refractivity contribution >= 4 is 17.7 Å². The van der Waals surface area contributed by atoms with Crippen LogP contribution in [-0.2, 0) is 9.63 Å². The molecule has 17 heavy (non-hydrogen) atoms. The van der Waals surface area contributed by atoms with E-state index in [0.29, 0.717) is 19.0 Å². The molecule has 0 aromatic carbocycles. The Balaban J connectivity index is 1.74. The van der Waals surface area contributed by atoms with E-state index in [2.05, 4.69) is 10.6 Å². The molecule has 3 heterocycles. The van der Waals surface area contributed by atoms with E-state index in [0.717, 1.165) is 6.54 Å². The van der Waals surface area contributed by atoms with Gasteiger partial charge in [0.25, 0.3) is 0 Å². The van der Waals surface area contributed by atoms with Gasteiger partial charge in [-0.25, -0.2) is 4.90 Å². The minimum Gasteiger partial charge on any atom is -0.480 e. The zero-order chi connectivity index (χ0) is 12.0. The number of hydrogen-bond acceptors (Lipinski definition) is 7. The lowest BCUT2D eigenvalue weighted by Gasteiger charge is -2.59. The largest absolute Gasteiger partial charge is 0.480 e. The zero-order valence-corrected chi connectivity index (χ0v) is 10.4. The lowest BCUT2D eigenvalue weighted by molar-refractivity contribution is -0.363. The number of nitrogens with zero attached hydrogens (tertiary/aromatic N) is 2. The van der Waals surface area contributed by atoms with Gasteiger partial charge in [0.1, 0.15) is 6.04 Å². The molecule has 3 unspecified atom stereocenters. The molecule has 7 nitrogen and oxygen atoms in total. The number of hydrogen-bond donors (Lipinski definition) is 3. The molecule has 3 fully saturated rings. The number of hydroxylamine groups is 2. The maximum absolute atomic E-state index is 11.1. The van der Waals surface area contributed by atoms with Crippen LogP contribution < -0.4 is 10.6 Å². The van der Waals surface area contributed by atoms with Crippen LogP contribution >= 0.6 is 11.8 Å². The Morgan fingerprint density at radius 1 is 1.76 bits per heavy atom. The first kappa shape index (κ1) is 11.7. The van der Waals surface area contributed by atoms with Gasteiger partial charge in [0, 0.05) is 18.3 Å². The summed E-state index contributed by atoms with van der Waals surface area (Å²) in [6, 6.07) is -0.209. The van der Waals surface area contributed by atoms with Crippen molar-refractivity contribution in [1.29, 1.82) is 0 Å². The van der Waals surface area contributed by atoms with Crippen LogP contribution in [-0.4, -0.2) is 70.9 Å². The number of rotatable bonds is 3. The van der Waals surface area contributed by atoms with Gasteiger partial charge in [-0.1, -0.05) is 0 Å². The van der Waals surface area contributed by atoms with Crippen LogP contribution in [0.4, 0.5) is 0 Å². The minimum absolute atomic E-state index is 0.207. The van der Waals surface area contributed by atoms with E-state index in [-0.39, 0.29) is 6.04 Å². The number of thioether (sulfide) groups is 1. The van der Waals surface area contributed by atoms with Crippen molar-refractivity contribution in [1.82, 2.24) is 20.6 Å². The van der Waals surface area contributed by atoms with Gasteiger partial charge in [0.15, 0.2) is 0 Å². The Morgan fingerprint density at radius 3 is 3.29 bits per heavy atom. The van der Waals surface area contributed by atoms with Crippen molar-refractivity contribution in [2.45, 2.75) is 17.2 Å². The molecule has 3 N–H and O–H groups in total. The van der Waals surface area contributed by atoms with Crippen molar-refractivity contribution in [2.75, 3.05) is 32.6 Å². The third-order valence-electron chi connectivity index (χ3n) is 3.39. The predicted molar refractivity (Wildman–Crippen MR) is 62.0 cm³/mol. The number of carbonyl (C=O) groups is 1. The second-order valence-corrected chi connectivity index (χ2v) is 5.65. The molecule has 8 heteroatoms. The Hall–Kier alpha value is -0.380. The average molecular weight is 260 g/mol. The molecule has 96 valence electrons. The first-order valence-electron chi connectivity index (χ1n) is 5.64. The highest BCUT2D eigenvalue weighted by Gasteiger charge is 2.64. The highest BCUT2D eigenvalue weighted by atomic mass is 32.2. The molecule has 0 aromatic heterocycles. The summed E-state index contributed by atoms with van der Waals surface area (Å²) in [6.07, 6.45) is 0. The van der Waals surface area contributed by atoms with Crippen LogP contribution in [0, 0.1) is 0 Å². The van der Waals surface area contributed by atoms with Gasteiger partial charge in [0.05, 0.1) is 13.3 Å². The van der Waals surface area contributed by atoms with Crippen LogP contribution in [0.25, 0.3) is 0 Å². The Bertz CT molecular complexity index is 344. The van der Waals surface area contributed by atoms with E-state index < -0.39 is 17.1 Å². The van der Waals surface area contributed by atoms with Crippen LogP contribution in [0.5, 0.6) is 0 Å². The maximum atomic E-state index is 11.1. The molecule has 3 rings (SSSR count). The molecule has 3 atom stereocenters. The minimum atomic E-state index is -0.758. The molecule has 0 aromatic rings. The molecule has 1 spiro atoms. The molecular formula is C9H16N4O3S. The van der Waals surface area contributed by atoms with Gasteiger partial charge in [-0.3, -0.25) is 14.9 Å². The SMILES string of the molecule is CNCC1CON2CN3C(C(=O)O)CSC23N1. The number of carboxylic acids is 1. The molecule has 3 aliphatic rings. The van der Waals surface area contributed by atoms with Crippen molar-refractivity contribution in [3.8, 4) is 0 Å². The fraction of sp³-hybridized carbons (Fsp3) is 0.889. The number of carboxylic acid groups (broad SMARTS) is 1. The van der Waals surface area contributed by atoms with Gasteiger partial charge in [0.2, 0.25) is 5.12 Å². The summed E-state index contributed by atoms with van der Waals surface area (Å²) < 4.78 is 0. The number of nitrogens with one attached hydrogen (secondary N) is 2. The predicted octanol–water partition coefficient (Wildman–Crippen LogP) is -1.50. The number of likely N-dealkylation sites (N-methyl/N-ethyl adjacent to an activating group) is 1.